The zero-order valence-electron chi connectivity index (χ0n) is 17.0. The van der Waals surface area contributed by atoms with Gasteiger partial charge in [-0.1, -0.05) is 29.9 Å². The molecule has 152 valence electrons. The van der Waals surface area contributed by atoms with Crippen molar-refractivity contribution in [3.8, 4) is 16.9 Å². The number of hydrogen-bond acceptors (Lipinski definition) is 6. The van der Waals surface area contributed by atoms with Crippen LogP contribution in [-0.4, -0.2) is 54.2 Å². The number of fused-ring (bicyclic) bond motifs is 1. The third-order valence-corrected chi connectivity index (χ3v) is 7.35. The molecule has 1 aromatic carbocycles. The van der Waals surface area contributed by atoms with Gasteiger partial charge in [0, 0.05) is 30.9 Å². The number of thiazole rings is 1. The van der Waals surface area contributed by atoms with Crippen molar-refractivity contribution in [2.45, 2.75) is 38.1 Å². The van der Waals surface area contributed by atoms with E-state index in [0.717, 1.165) is 51.5 Å². The number of methoxy groups -OCH3 is 1. The van der Waals surface area contributed by atoms with Crippen molar-refractivity contribution in [2.24, 2.45) is 0 Å². The molecule has 5 rings (SSSR count). The van der Waals surface area contributed by atoms with E-state index in [4.69, 9.17) is 9.72 Å². The Hall–Kier alpha value is -2.18. The molecule has 2 saturated heterocycles. The third kappa shape index (κ3) is 3.96. The first-order valence-electron chi connectivity index (χ1n) is 10.7. The molecule has 2 aliphatic rings. The number of pyridine rings is 1. The maximum atomic E-state index is 5.26. The number of piperidine rings is 2. The number of anilines is 1. The molecule has 0 N–H and O–H groups in total. The average molecular weight is 409 g/mol. The minimum absolute atomic E-state index is 0.765. The van der Waals surface area contributed by atoms with E-state index in [9.17, 15) is 0 Å². The fourth-order valence-electron chi connectivity index (χ4n) is 4.59. The monoisotopic (exact) mass is 408 g/mol. The van der Waals surface area contributed by atoms with Crippen molar-refractivity contribution < 1.29 is 4.74 Å². The van der Waals surface area contributed by atoms with E-state index in [1.165, 1.54) is 45.2 Å². The van der Waals surface area contributed by atoms with E-state index >= 15 is 0 Å². The van der Waals surface area contributed by atoms with E-state index in [-0.39, 0.29) is 0 Å². The van der Waals surface area contributed by atoms with E-state index in [0.29, 0.717) is 0 Å². The number of hydrogen-bond donors (Lipinski definition) is 0. The zero-order valence-corrected chi connectivity index (χ0v) is 17.8. The summed E-state index contributed by atoms with van der Waals surface area (Å²) in [5, 5.41) is 1.12. The Labute approximate surface area is 176 Å². The van der Waals surface area contributed by atoms with Gasteiger partial charge in [0.05, 0.1) is 11.8 Å². The largest absolute Gasteiger partial charge is 0.497 e. The van der Waals surface area contributed by atoms with Gasteiger partial charge < -0.3 is 14.5 Å². The fraction of sp³-hybridized carbons (Fsp3) is 0.478. The average Bonchev–Trinajstić information content (AvgIpc) is 3.23. The van der Waals surface area contributed by atoms with Crippen molar-refractivity contribution >= 4 is 26.8 Å². The summed E-state index contributed by atoms with van der Waals surface area (Å²) in [6.07, 6.45) is 8.59. The SMILES string of the molecule is COc1ccc(-c2cnc3nc(N4CCC(N5CCCCC5)CC4)sc3c2)cc1. The molecule has 3 aromatic rings. The lowest BCUT2D eigenvalue weighted by Gasteiger charge is -2.40. The Morgan fingerprint density at radius 1 is 0.966 bits per heavy atom. The molecule has 0 saturated carbocycles. The maximum Gasteiger partial charge on any atom is 0.188 e. The fourth-order valence-corrected chi connectivity index (χ4v) is 5.61. The predicted octanol–water partition coefficient (Wildman–Crippen LogP) is 4.82. The summed E-state index contributed by atoms with van der Waals surface area (Å²) < 4.78 is 6.42. The summed E-state index contributed by atoms with van der Waals surface area (Å²) in [7, 11) is 1.69. The molecule has 29 heavy (non-hydrogen) atoms. The summed E-state index contributed by atoms with van der Waals surface area (Å²) in [5.41, 5.74) is 3.14. The van der Waals surface area contributed by atoms with E-state index in [1.807, 2.05) is 18.3 Å². The Morgan fingerprint density at radius 3 is 2.45 bits per heavy atom. The highest BCUT2D eigenvalue weighted by atomic mass is 32.1. The van der Waals surface area contributed by atoms with Gasteiger partial charge in [0.1, 0.15) is 5.75 Å². The molecular formula is C23H28N4OS. The van der Waals surface area contributed by atoms with Crippen molar-refractivity contribution in [3.05, 3.63) is 36.5 Å². The standard InChI is InChI=1S/C23H28N4OS/c1-28-20-7-5-17(6-8-20)18-15-21-22(24-16-18)25-23(29-21)27-13-9-19(10-14-27)26-11-3-2-4-12-26/h5-8,15-16,19H,2-4,9-14H2,1H3. The first-order valence-corrected chi connectivity index (χ1v) is 11.5. The van der Waals surface area contributed by atoms with Crippen LogP contribution in [0.2, 0.25) is 0 Å². The number of aromatic nitrogens is 2. The number of likely N-dealkylation sites (tertiary alicyclic amines) is 1. The molecule has 2 fully saturated rings. The Balaban J connectivity index is 1.30. The van der Waals surface area contributed by atoms with Gasteiger partial charge in [-0.15, -0.1) is 0 Å². The molecule has 0 atom stereocenters. The molecule has 0 aliphatic carbocycles. The van der Waals surface area contributed by atoms with Crippen molar-refractivity contribution in [3.63, 3.8) is 0 Å². The number of benzene rings is 1. The maximum absolute atomic E-state index is 5.26. The normalized spacial score (nSPS) is 19.0. The Morgan fingerprint density at radius 2 is 1.72 bits per heavy atom. The zero-order chi connectivity index (χ0) is 19.6. The van der Waals surface area contributed by atoms with Crippen LogP contribution >= 0.6 is 11.3 Å². The molecule has 0 radical (unpaired) electrons. The molecule has 0 bridgehead atoms. The van der Waals surface area contributed by atoms with Crippen LogP contribution in [0.25, 0.3) is 21.5 Å². The third-order valence-electron chi connectivity index (χ3n) is 6.30. The smallest absolute Gasteiger partial charge is 0.188 e. The number of ether oxygens (including phenoxy) is 1. The second kappa shape index (κ2) is 8.28. The number of nitrogens with zero attached hydrogens (tertiary/aromatic N) is 4. The second-order valence-corrected chi connectivity index (χ2v) is 9.09. The highest BCUT2D eigenvalue weighted by Gasteiger charge is 2.26. The second-order valence-electron chi connectivity index (χ2n) is 8.09. The van der Waals surface area contributed by atoms with Crippen LogP contribution in [0, 0.1) is 0 Å². The minimum Gasteiger partial charge on any atom is -0.497 e. The van der Waals surface area contributed by atoms with E-state index < -0.39 is 0 Å². The van der Waals surface area contributed by atoms with Crippen LogP contribution in [0.3, 0.4) is 0 Å². The summed E-state index contributed by atoms with van der Waals surface area (Å²) in [6.45, 7) is 4.80. The first kappa shape index (κ1) is 18.8. The molecular weight excluding hydrogens is 380 g/mol. The van der Waals surface area contributed by atoms with Gasteiger partial charge in [0.15, 0.2) is 10.8 Å². The summed E-state index contributed by atoms with van der Waals surface area (Å²) in [4.78, 5) is 14.7. The minimum atomic E-state index is 0.765. The van der Waals surface area contributed by atoms with Crippen molar-refractivity contribution in [1.29, 1.82) is 0 Å². The quantitative estimate of drug-likeness (QED) is 0.619. The van der Waals surface area contributed by atoms with Gasteiger partial charge in [-0.2, -0.15) is 4.98 Å². The molecule has 6 heteroatoms. The highest BCUT2D eigenvalue weighted by molar-refractivity contribution is 7.22. The lowest BCUT2D eigenvalue weighted by molar-refractivity contribution is 0.141. The lowest BCUT2D eigenvalue weighted by Crippen LogP contribution is -2.46. The highest BCUT2D eigenvalue weighted by Crippen LogP contribution is 2.33. The summed E-state index contributed by atoms with van der Waals surface area (Å²) in [6, 6.07) is 11.1. The van der Waals surface area contributed by atoms with Crippen molar-refractivity contribution in [1.82, 2.24) is 14.9 Å². The van der Waals surface area contributed by atoms with Gasteiger partial charge in [-0.3, -0.25) is 0 Å². The van der Waals surface area contributed by atoms with E-state index in [1.54, 1.807) is 18.4 Å². The molecule has 2 aromatic heterocycles. The van der Waals surface area contributed by atoms with Gasteiger partial charge in [0.2, 0.25) is 0 Å². The van der Waals surface area contributed by atoms with Crippen LogP contribution < -0.4 is 9.64 Å². The first-order chi connectivity index (χ1) is 14.3. The van der Waals surface area contributed by atoms with Crippen LogP contribution in [0.1, 0.15) is 32.1 Å². The molecule has 5 nitrogen and oxygen atoms in total. The molecule has 0 unspecified atom stereocenters. The van der Waals surface area contributed by atoms with Crippen LogP contribution in [0.5, 0.6) is 5.75 Å². The van der Waals surface area contributed by atoms with Gasteiger partial charge in [-0.05, 0) is 62.5 Å². The molecule has 0 amide bonds. The van der Waals surface area contributed by atoms with Crippen molar-refractivity contribution in [2.75, 3.05) is 38.2 Å². The summed E-state index contributed by atoms with van der Waals surface area (Å²) >= 11 is 1.77. The molecule has 4 heterocycles. The van der Waals surface area contributed by atoms with E-state index in [2.05, 4.69) is 33.0 Å². The van der Waals surface area contributed by atoms with Crippen LogP contribution in [0.4, 0.5) is 5.13 Å². The topological polar surface area (TPSA) is 41.5 Å². The predicted molar refractivity (Wildman–Crippen MR) is 120 cm³/mol. The van der Waals surface area contributed by atoms with Crippen LogP contribution in [-0.2, 0) is 0 Å². The molecule has 2 aliphatic heterocycles. The Bertz CT molecular complexity index is 957. The number of rotatable bonds is 4. The summed E-state index contributed by atoms with van der Waals surface area (Å²) in [5.74, 6) is 0.871. The lowest BCUT2D eigenvalue weighted by atomic mass is 10.0. The van der Waals surface area contributed by atoms with Gasteiger partial charge >= 0.3 is 0 Å². The van der Waals surface area contributed by atoms with Gasteiger partial charge in [-0.25, -0.2) is 4.98 Å². The molecule has 0 spiro atoms. The Kier molecular flexibility index (Phi) is 5.38. The van der Waals surface area contributed by atoms with Crippen LogP contribution in [0.15, 0.2) is 36.5 Å². The van der Waals surface area contributed by atoms with Gasteiger partial charge in [0.25, 0.3) is 0 Å².